The molecule has 0 saturated carbocycles. The highest BCUT2D eigenvalue weighted by Gasteiger charge is 2.02. The molecule has 2 aromatic heterocycles. The van der Waals surface area contributed by atoms with Gasteiger partial charge in [0.05, 0.1) is 24.5 Å². The number of ether oxygens (including phenoxy) is 1. The van der Waals surface area contributed by atoms with E-state index in [9.17, 15) is 0 Å². The first-order valence-electron chi connectivity index (χ1n) is 7.73. The van der Waals surface area contributed by atoms with E-state index >= 15 is 0 Å². The van der Waals surface area contributed by atoms with Gasteiger partial charge in [-0.25, -0.2) is 14.5 Å². The number of halogens is 1. The first kappa shape index (κ1) is 19.0. The van der Waals surface area contributed by atoms with Crippen molar-refractivity contribution in [3.8, 4) is 5.75 Å². The molecule has 7 nitrogen and oxygen atoms in total. The number of aromatic nitrogens is 3. The number of hydrogen-bond acceptors (Lipinski definition) is 4. The highest BCUT2D eigenvalue weighted by atomic mass is 127. The van der Waals surface area contributed by atoms with E-state index in [1.165, 1.54) is 0 Å². The molecule has 0 atom stereocenters. The van der Waals surface area contributed by atoms with Gasteiger partial charge in [-0.2, -0.15) is 5.10 Å². The zero-order valence-electron chi connectivity index (χ0n) is 14.1. The Hall–Kier alpha value is -2.36. The van der Waals surface area contributed by atoms with Crippen LogP contribution in [0.4, 0.5) is 5.69 Å². The maximum Gasteiger partial charge on any atom is 0.193 e. The summed E-state index contributed by atoms with van der Waals surface area (Å²) in [6, 6.07) is 11.3. The first-order valence-corrected chi connectivity index (χ1v) is 7.73. The van der Waals surface area contributed by atoms with Gasteiger partial charge in [-0.05, 0) is 44.2 Å². The number of rotatable bonds is 5. The highest BCUT2D eigenvalue weighted by Crippen LogP contribution is 2.16. The van der Waals surface area contributed by atoms with Crippen molar-refractivity contribution >= 4 is 41.3 Å². The van der Waals surface area contributed by atoms with Crippen LogP contribution in [0.25, 0.3) is 5.65 Å². The third-order valence-corrected chi connectivity index (χ3v) is 3.28. The Kier molecular flexibility index (Phi) is 6.57. The molecule has 0 spiro atoms. The summed E-state index contributed by atoms with van der Waals surface area (Å²) in [6.07, 6.45) is 3.59. The van der Waals surface area contributed by atoms with Crippen molar-refractivity contribution in [1.29, 1.82) is 0 Å². The van der Waals surface area contributed by atoms with Gasteiger partial charge >= 0.3 is 0 Å². The smallest absolute Gasteiger partial charge is 0.193 e. The monoisotopic (exact) mass is 452 g/mol. The van der Waals surface area contributed by atoms with Gasteiger partial charge < -0.3 is 15.8 Å². The van der Waals surface area contributed by atoms with Crippen molar-refractivity contribution in [2.45, 2.75) is 26.5 Å². The summed E-state index contributed by atoms with van der Waals surface area (Å²) in [4.78, 5) is 8.57. The van der Waals surface area contributed by atoms with Crippen molar-refractivity contribution in [2.24, 2.45) is 10.7 Å². The lowest BCUT2D eigenvalue weighted by molar-refractivity contribution is 0.242. The van der Waals surface area contributed by atoms with E-state index in [1.807, 2.05) is 50.2 Å². The van der Waals surface area contributed by atoms with E-state index in [2.05, 4.69) is 20.4 Å². The zero-order chi connectivity index (χ0) is 16.9. The molecule has 0 aliphatic heterocycles. The summed E-state index contributed by atoms with van der Waals surface area (Å²) in [7, 11) is 0. The molecule has 0 radical (unpaired) electrons. The Morgan fingerprint density at radius 2 is 1.96 bits per heavy atom. The van der Waals surface area contributed by atoms with E-state index in [0.717, 1.165) is 22.8 Å². The molecule has 0 unspecified atom stereocenters. The predicted molar refractivity (Wildman–Crippen MR) is 110 cm³/mol. The van der Waals surface area contributed by atoms with E-state index < -0.39 is 0 Å². The molecule has 132 valence electrons. The normalized spacial score (nSPS) is 11.4. The lowest BCUT2D eigenvalue weighted by Gasteiger charge is -2.11. The fourth-order valence-corrected chi connectivity index (χ4v) is 2.25. The number of nitrogens with one attached hydrogen (secondary N) is 1. The van der Waals surface area contributed by atoms with Crippen LogP contribution in [0.3, 0.4) is 0 Å². The number of fused-ring (bicyclic) bond motifs is 1. The van der Waals surface area contributed by atoms with E-state index in [0.29, 0.717) is 12.5 Å². The molecule has 1 aromatic carbocycles. The summed E-state index contributed by atoms with van der Waals surface area (Å²) in [5.74, 6) is 1.16. The maximum absolute atomic E-state index is 5.95. The van der Waals surface area contributed by atoms with Gasteiger partial charge in [0.1, 0.15) is 5.75 Å². The molecule has 0 amide bonds. The summed E-state index contributed by atoms with van der Waals surface area (Å²) >= 11 is 0. The Morgan fingerprint density at radius 1 is 1.20 bits per heavy atom. The number of nitrogens with two attached hydrogens (primary N) is 1. The van der Waals surface area contributed by atoms with Crippen molar-refractivity contribution < 1.29 is 4.74 Å². The number of benzene rings is 1. The van der Waals surface area contributed by atoms with Crippen LogP contribution in [0.2, 0.25) is 0 Å². The minimum Gasteiger partial charge on any atom is -0.491 e. The Balaban J connectivity index is 0.00000225. The molecule has 0 aliphatic carbocycles. The zero-order valence-corrected chi connectivity index (χ0v) is 16.4. The molecular weight excluding hydrogens is 431 g/mol. The number of hydrogen-bond donors (Lipinski definition) is 2. The minimum atomic E-state index is 0. The number of guanidine groups is 1. The van der Waals surface area contributed by atoms with Gasteiger partial charge in [0.15, 0.2) is 11.6 Å². The van der Waals surface area contributed by atoms with Crippen LogP contribution < -0.4 is 15.8 Å². The molecule has 8 heteroatoms. The quantitative estimate of drug-likeness (QED) is 0.353. The molecule has 2 heterocycles. The average molecular weight is 452 g/mol. The van der Waals surface area contributed by atoms with Gasteiger partial charge in [0, 0.05) is 18.0 Å². The summed E-state index contributed by atoms with van der Waals surface area (Å²) in [5.41, 5.74) is 8.51. The standard InChI is InChI=1S/C17H20N6O.HI/c1-12(2)24-15-5-3-13(4-6-15)22-17(18)20-11-14-7-9-19-16-8-10-21-23(14)16;/h3-10,12H,11H2,1-2H3,(H3,18,20,22);1H. The molecule has 3 N–H and O–H groups in total. The average Bonchev–Trinajstić information content (AvgIpc) is 3.03. The second-order valence-corrected chi connectivity index (χ2v) is 5.55. The van der Waals surface area contributed by atoms with Gasteiger partial charge in [0.2, 0.25) is 0 Å². The van der Waals surface area contributed by atoms with Gasteiger partial charge in [0.25, 0.3) is 0 Å². The lowest BCUT2D eigenvalue weighted by atomic mass is 10.3. The van der Waals surface area contributed by atoms with Crippen molar-refractivity contribution in [1.82, 2.24) is 14.6 Å². The fraction of sp³-hybridized carbons (Fsp3) is 0.235. The minimum absolute atomic E-state index is 0. The summed E-state index contributed by atoms with van der Waals surface area (Å²) in [5, 5.41) is 7.29. The Labute approximate surface area is 163 Å². The summed E-state index contributed by atoms with van der Waals surface area (Å²) < 4.78 is 7.35. The van der Waals surface area contributed by atoms with Crippen molar-refractivity contribution in [2.75, 3.05) is 5.32 Å². The molecule has 0 aliphatic rings. The van der Waals surface area contributed by atoms with E-state index in [-0.39, 0.29) is 30.1 Å². The third kappa shape index (κ3) is 5.05. The van der Waals surface area contributed by atoms with Gasteiger partial charge in [-0.15, -0.1) is 24.0 Å². The van der Waals surface area contributed by atoms with Gasteiger partial charge in [-0.1, -0.05) is 0 Å². The third-order valence-electron chi connectivity index (χ3n) is 3.28. The maximum atomic E-state index is 5.95. The van der Waals surface area contributed by atoms with Crippen molar-refractivity contribution in [3.63, 3.8) is 0 Å². The van der Waals surface area contributed by atoms with Crippen LogP contribution in [0.5, 0.6) is 5.75 Å². The number of aliphatic imine (C=N–C) groups is 1. The van der Waals surface area contributed by atoms with Crippen LogP contribution in [-0.2, 0) is 6.54 Å². The lowest BCUT2D eigenvalue weighted by Crippen LogP contribution is -2.22. The molecular formula is C17H21IN6O. The van der Waals surface area contributed by atoms with Crippen LogP contribution in [0.15, 0.2) is 53.8 Å². The topological polar surface area (TPSA) is 89.8 Å². The molecule has 0 fully saturated rings. The first-order chi connectivity index (χ1) is 11.6. The Morgan fingerprint density at radius 3 is 2.68 bits per heavy atom. The van der Waals surface area contributed by atoms with Crippen molar-refractivity contribution in [3.05, 3.63) is 54.5 Å². The van der Waals surface area contributed by atoms with Crippen LogP contribution in [0.1, 0.15) is 19.5 Å². The van der Waals surface area contributed by atoms with Crippen LogP contribution >= 0.6 is 24.0 Å². The van der Waals surface area contributed by atoms with Crippen LogP contribution in [0, 0.1) is 0 Å². The Bertz CT molecular complexity index is 844. The number of anilines is 1. The van der Waals surface area contributed by atoms with Gasteiger partial charge in [-0.3, -0.25) is 0 Å². The summed E-state index contributed by atoms with van der Waals surface area (Å²) in [6.45, 7) is 4.40. The molecule has 25 heavy (non-hydrogen) atoms. The van der Waals surface area contributed by atoms with E-state index in [4.69, 9.17) is 10.5 Å². The predicted octanol–water partition coefficient (Wildman–Crippen LogP) is 3.06. The SMILES string of the molecule is CC(C)Oc1ccc(NC(N)=NCc2ccnc3ccnn23)cc1.I. The molecule has 0 bridgehead atoms. The second-order valence-electron chi connectivity index (χ2n) is 5.55. The molecule has 0 saturated heterocycles. The largest absolute Gasteiger partial charge is 0.491 e. The molecule has 3 rings (SSSR count). The number of nitrogens with zero attached hydrogens (tertiary/aromatic N) is 4. The van der Waals surface area contributed by atoms with E-state index in [1.54, 1.807) is 16.9 Å². The second kappa shape index (κ2) is 8.65. The highest BCUT2D eigenvalue weighted by molar-refractivity contribution is 14.0. The van der Waals surface area contributed by atoms with Crippen LogP contribution in [-0.4, -0.2) is 26.7 Å². The molecule has 3 aromatic rings. The fourth-order valence-electron chi connectivity index (χ4n) is 2.25.